The summed E-state index contributed by atoms with van der Waals surface area (Å²) in [6.07, 6.45) is 7.42. The van der Waals surface area contributed by atoms with Crippen molar-refractivity contribution in [1.29, 1.82) is 0 Å². The molecule has 0 radical (unpaired) electrons. The van der Waals surface area contributed by atoms with Crippen LogP contribution in [0.4, 0.5) is 0 Å². The Morgan fingerprint density at radius 3 is 2.50 bits per heavy atom. The lowest BCUT2D eigenvalue weighted by atomic mass is 9.34. The van der Waals surface area contributed by atoms with Gasteiger partial charge in [-0.3, -0.25) is 19.3 Å². The molecule has 6 rings (SSSR count). The van der Waals surface area contributed by atoms with Gasteiger partial charge in [0.25, 0.3) is 0 Å². The highest BCUT2D eigenvalue weighted by molar-refractivity contribution is 6.06. The quantitative estimate of drug-likeness (QED) is 0.512. The van der Waals surface area contributed by atoms with Crippen molar-refractivity contribution in [3.8, 4) is 0 Å². The summed E-state index contributed by atoms with van der Waals surface area (Å²) < 4.78 is 0. The molecule has 2 amide bonds. The number of carboxylic acid groups (broad SMARTS) is 1. The van der Waals surface area contributed by atoms with Gasteiger partial charge in [0.2, 0.25) is 11.8 Å². The number of rotatable bonds is 4. The molecule has 1 spiro atoms. The summed E-state index contributed by atoms with van der Waals surface area (Å²) in [6.45, 7) is 8.44. The predicted molar refractivity (Wildman–Crippen MR) is 118 cm³/mol. The molecule has 4 fully saturated rings. The lowest BCUT2D eigenvalue weighted by molar-refractivity contribution is -0.194. The largest absolute Gasteiger partial charge is 0.481 e. The number of hydrogen-bond acceptors (Lipinski definition) is 4. The smallest absolute Gasteiger partial charge is 0.309 e. The van der Waals surface area contributed by atoms with Crippen molar-refractivity contribution >= 4 is 17.8 Å². The van der Waals surface area contributed by atoms with E-state index < -0.39 is 11.4 Å². The van der Waals surface area contributed by atoms with E-state index in [0.717, 1.165) is 32.1 Å². The van der Waals surface area contributed by atoms with Gasteiger partial charge in [-0.05, 0) is 68.1 Å². The summed E-state index contributed by atoms with van der Waals surface area (Å²) in [5.74, 6) is -0.918. The Morgan fingerprint density at radius 2 is 1.88 bits per heavy atom. The number of likely N-dealkylation sites (tertiary alicyclic amines) is 1. The second-order valence-corrected chi connectivity index (χ2v) is 12.0. The van der Waals surface area contributed by atoms with Gasteiger partial charge in [-0.2, -0.15) is 0 Å². The molecule has 1 heterocycles. The summed E-state index contributed by atoms with van der Waals surface area (Å²) in [4.78, 5) is 40.7. The molecule has 6 aliphatic rings. The first kappa shape index (κ1) is 22.1. The third-order valence-electron chi connectivity index (χ3n) is 10.6. The highest BCUT2D eigenvalue weighted by Gasteiger charge is 2.73. The minimum absolute atomic E-state index is 0.0422. The van der Waals surface area contributed by atoms with Gasteiger partial charge in [-0.25, -0.2) is 0 Å². The number of aliphatic hydroxyl groups is 1. The van der Waals surface area contributed by atoms with Crippen LogP contribution in [-0.2, 0) is 14.4 Å². The van der Waals surface area contributed by atoms with Crippen molar-refractivity contribution in [3.63, 3.8) is 0 Å². The summed E-state index contributed by atoms with van der Waals surface area (Å²) in [7, 11) is 0. The predicted octanol–water partition coefficient (Wildman–Crippen LogP) is 3.49. The second kappa shape index (κ2) is 6.91. The van der Waals surface area contributed by atoms with Crippen LogP contribution in [0.3, 0.4) is 0 Å². The van der Waals surface area contributed by atoms with Crippen LogP contribution < -0.4 is 0 Å². The van der Waals surface area contributed by atoms with Gasteiger partial charge in [0.15, 0.2) is 0 Å². The first-order valence-electron chi connectivity index (χ1n) is 12.4. The van der Waals surface area contributed by atoms with Crippen LogP contribution in [0.5, 0.6) is 0 Å². The van der Waals surface area contributed by atoms with E-state index in [9.17, 15) is 24.6 Å². The van der Waals surface area contributed by atoms with Crippen molar-refractivity contribution in [2.24, 2.45) is 51.8 Å². The molecule has 0 aromatic rings. The molecular formula is C26H37NO5. The molecule has 176 valence electrons. The number of β-amino-alcohol motifs (C(OH)–C–C–N with tert-alkyl or cyclic N) is 1. The molecule has 5 aliphatic carbocycles. The SMILES string of the molecule is CC(C)C1=C[C@]23CC[C@H]4[C@@](C)(CCC[C@]4(C)C(=O)O)[C@@H]2C[C@H]1[C@@H]1C(=O)N(CCO)C(=O)[C@@H]13. The van der Waals surface area contributed by atoms with Gasteiger partial charge < -0.3 is 10.2 Å². The highest BCUT2D eigenvalue weighted by Crippen LogP contribution is 2.74. The van der Waals surface area contributed by atoms with Crippen molar-refractivity contribution < 1.29 is 24.6 Å². The monoisotopic (exact) mass is 443 g/mol. The van der Waals surface area contributed by atoms with Crippen molar-refractivity contribution in [2.75, 3.05) is 13.2 Å². The van der Waals surface area contributed by atoms with E-state index in [0.29, 0.717) is 12.3 Å². The molecule has 6 nitrogen and oxygen atoms in total. The Labute approximate surface area is 190 Å². The van der Waals surface area contributed by atoms with Crippen LogP contribution in [0.15, 0.2) is 11.6 Å². The van der Waals surface area contributed by atoms with Crippen LogP contribution in [0.25, 0.3) is 0 Å². The summed E-state index contributed by atoms with van der Waals surface area (Å²) in [5, 5.41) is 19.7. The zero-order chi connectivity index (χ0) is 23.2. The lowest BCUT2D eigenvalue weighted by Gasteiger charge is -2.68. The topological polar surface area (TPSA) is 94.9 Å². The zero-order valence-electron chi connectivity index (χ0n) is 19.8. The van der Waals surface area contributed by atoms with Crippen molar-refractivity contribution in [2.45, 2.75) is 66.2 Å². The van der Waals surface area contributed by atoms with Gasteiger partial charge in [0.1, 0.15) is 0 Å². The maximum absolute atomic E-state index is 13.6. The Hall–Kier alpha value is -1.69. The highest BCUT2D eigenvalue weighted by atomic mass is 16.4. The molecule has 32 heavy (non-hydrogen) atoms. The second-order valence-electron chi connectivity index (χ2n) is 12.0. The number of nitrogens with zero attached hydrogens (tertiary/aromatic N) is 1. The molecule has 3 saturated carbocycles. The first-order chi connectivity index (χ1) is 15.0. The number of amides is 2. The number of hydrogen-bond donors (Lipinski definition) is 2. The molecule has 1 aliphatic heterocycles. The maximum Gasteiger partial charge on any atom is 0.309 e. The standard InChI is InChI=1S/C26H37NO5/c1-14(2)16-13-26-9-6-17-24(3,7-5-8-25(17,4)23(31)32)18(26)12-15(16)19-20(26)22(30)27(10-11-28)21(19)29/h13-15,17-20,28H,5-12H2,1-4H3,(H,31,32)/t15-,17+,18+,19+,20-,24-,25+,26-/m1/s1. The minimum Gasteiger partial charge on any atom is -0.481 e. The third kappa shape index (κ3) is 2.48. The Kier molecular flexibility index (Phi) is 4.78. The number of aliphatic hydroxyl groups excluding tert-OH is 1. The fourth-order valence-electron chi connectivity index (χ4n) is 9.34. The van der Waals surface area contributed by atoms with E-state index in [4.69, 9.17) is 0 Å². The summed E-state index contributed by atoms with van der Waals surface area (Å²) >= 11 is 0. The molecule has 6 heteroatoms. The van der Waals surface area contributed by atoms with Crippen molar-refractivity contribution in [3.05, 3.63) is 11.6 Å². The van der Waals surface area contributed by atoms with Gasteiger partial charge in [-0.15, -0.1) is 0 Å². The third-order valence-corrected chi connectivity index (χ3v) is 10.6. The Morgan fingerprint density at radius 1 is 1.16 bits per heavy atom. The van der Waals surface area contributed by atoms with E-state index in [2.05, 4.69) is 26.8 Å². The van der Waals surface area contributed by atoms with Crippen LogP contribution in [0.1, 0.15) is 66.2 Å². The molecular weight excluding hydrogens is 406 g/mol. The molecule has 0 aromatic carbocycles. The van der Waals surface area contributed by atoms with Crippen LogP contribution in [0, 0.1) is 51.8 Å². The average Bonchev–Trinajstić information content (AvgIpc) is 3.00. The fraction of sp³-hybridized carbons (Fsp3) is 0.808. The van der Waals surface area contributed by atoms with E-state index in [1.165, 1.54) is 10.5 Å². The number of fused-ring (bicyclic) bond motifs is 1. The van der Waals surface area contributed by atoms with Crippen LogP contribution in [0.2, 0.25) is 0 Å². The van der Waals surface area contributed by atoms with E-state index in [1.54, 1.807) is 0 Å². The first-order valence-corrected chi connectivity index (χ1v) is 12.4. The molecule has 2 N–H and O–H groups in total. The van der Waals surface area contributed by atoms with E-state index in [1.807, 2.05) is 6.92 Å². The molecule has 2 bridgehead atoms. The van der Waals surface area contributed by atoms with Gasteiger partial charge >= 0.3 is 5.97 Å². The van der Waals surface area contributed by atoms with E-state index >= 15 is 0 Å². The summed E-state index contributed by atoms with van der Waals surface area (Å²) in [6, 6.07) is 0. The Balaban J connectivity index is 1.65. The number of imide groups is 1. The maximum atomic E-state index is 13.6. The Bertz CT molecular complexity index is 910. The number of carbonyl (C=O) groups is 3. The van der Waals surface area contributed by atoms with Gasteiger partial charge in [0.05, 0.1) is 30.4 Å². The molecule has 0 aromatic heterocycles. The zero-order valence-corrected chi connectivity index (χ0v) is 19.8. The van der Waals surface area contributed by atoms with Gasteiger partial charge in [-0.1, -0.05) is 38.8 Å². The molecule has 0 unspecified atom stereocenters. The lowest BCUT2D eigenvalue weighted by Crippen LogP contribution is -2.65. The number of carboxylic acids is 1. The molecule has 8 atom stereocenters. The normalized spacial score (nSPS) is 47.2. The number of aliphatic carboxylic acids is 1. The van der Waals surface area contributed by atoms with Crippen LogP contribution >= 0.6 is 0 Å². The number of allylic oxidation sites excluding steroid dienone is 2. The minimum atomic E-state index is -0.728. The average molecular weight is 444 g/mol. The summed E-state index contributed by atoms with van der Waals surface area (Å²) in [5.41, 5.74) is 0.0547. The van der Waals surface area contributed by atoms with Gasteiger partial charge in [0, 0.05) is 5.41 Å². The number of carbonyl (C=O) groups excluding carboxylic acids is 2. The van der Waals surface area contributed by atoms with E-state index in [-0.39, 0.29) is 65.4 Å². The fourth-order valence-corrected chi connectivity index (χ4v) is 9.34. The van der Waals surface area contributed by atoms with Crippen molar-refractivity contribution in [1.82, 2.24) is 4.90 Å². The van der Waals surface area contributed by atoms with Crippen LogP contribution in [-0.4, -0.2) is 46.0 Å². The molecule has 1 saturated heterocycles.